The van der Waals surface area contributed by atoms with Crippen molar-refractivity contribution >= 4 is 5.97 Å². The molecule has 0 saturated carbocycles. The van der Waals surface area contributed by atoms with E-state index in [1.165, 1.54) is 0 Å². The Bertz CT molecular complexity index is 489. The lowest BCUT2D eigenvalue weighted by Crippen LogP contribution is -2.36. The molecule has 0 bridgehead atoms. The van der Waals surface area contributed by atoms with Crippen molar-refractivity contribution in [1.82, 2.24) is 4.90 Å². The summed E-state index contributed by atoms with van der Waals surface area (Å²) in [5.41, 5.74) is 1.04. The summed E-state index contributed by atoms with van der Waals surface area (Å²) in [6.07, 6.45) is 1.79. The van der Waals surface area contributed by atoms with Crippen molar-refractivity contribution in [2.45, 2.75) is 39.3 Å². The molecular formula is C16H23NO4. The predicted molar refractivity (Wildman–Crippen MR) is 79.8 cm³/mol. The van der Waals surface area contributed by atoms with Crippen LogP contribution in [0.4, 0.5) is 0 Å². The number of nitrogens with zero attached hydrogens (tertiary/aromatic N) is 1. The van der Waals surface area contributed by atoms with Gasteiger partial charge in [-0.25, -0.2) is 0 Å². The molecule has 0 aliphatic carbocycles. The number of ether oxygens (including phenoxy) is 2. The molecule has 116 valence electrons. The van der Waals surface area contributed by atoms with Crippen LogP contribution in [-0.2, 0) is 11.3 Å². The summed E-state index contributed by atoms with van der Waals surface area (Å²) in [5, 5.41) is 9.05. The second-order valence-corrected chi connectivity index (χ2v) is 5.39. The number of carbonyl (C=O) groups is 1. The normalized spacial score (nSPS) is 15.6. The van der Waals surface area contributed by atoms with Crippen LogP contribution in [-0.4, -0.2) is 41.8 Å². The van der Waals surface area contributed by atoms with Gasteiger partial charge in [0.1, 0.15) is 0 Å². The van der Waals surface area contributed by atoms with Gasteiger partial charge in [-0.15, -0.1) is 0 Å². The van der Waals surface area contributed by atoms with Crippen LogP contribution in [0.15, 0.2) is 18.2 Å². The molecule has 1 aliphatic heterocycles. The predicted octanol–water partition coefficient (Wildman–Crippen LogP) is 2.53. The first-order valence-corrected chi connectivity index (χ1v) is 7.44. The van der Waals surface area contributed by atoms with Gasteiger partial charge >= 0.3 is 5.97 Å². The van der Waals surface area contributed by atoms with Gasteiger partial charge in [-0.3, -0.25) is 9.69 Å². The number of aliphatic carboxylic acids is 1. The lowest BCUT2D eigenvalue weighted by Gasteiger charge is -2.26. The maximum atomic E-state index is 11.0. The lowest BCUT2D eigenvalue weighted by atomic mass is 10.1. The molecule has 1 heterocycles. The van der Waals surface area contributed by atoms with Crippen LogP contribution in [0.3, 0.4) is 0 Å². The third-order valence-corrected chi connectivity index (χ3v) is 3.75. The Morgan fingerprint density at radius 3 is 2.71 bits per heavy atom. The zero-order valence-corrected chi connectivity index (χ0v) is 12.7. The van der Waals surface area contributed by atoms with Crippen LogP contribution in [0.5, 0.6) is 11.5 Å². The van der Waals surface area contributed by atoms with Gasteiger partial charge in [0.25, 0.3) is 0 Å². The van der Waals surface area contributed by atoms with E-state index in [0.717, 1.165) is 29.9 Å². The van der Waals surface area contributed by atoms with E-state index in [0.29, 0.717) is 19.8 Å². The number of benzene rings is 1. The molecule has 0 aromatic heterocycles. The molecule has 1 unspecified atom stereocenters. The third-order valence-electron chi connectivity index (χ3n) is 3.75. The van der Waals surface area contributed by atoms with E-state index < -0.39 is 5.97 Å². The molecule has 0 spiro atoms. The summed E-state index contributed by atoms with van der Waals surface area (Å²) < 4.78 is 11.3. The van der Waals surface area contributed by atoms with Gasteiger partial charge in [-0.2, -0.15) is 0 Å². The fourth-order valence-corrected chi connectivity index (χ4v) is 2.34. The summed E-state index contributed by atoms with van der Waals surface area (Å²) in [4.78, 5) is 13.0. The number of hydrogen-bond donors (Lipinski definition) is 1. The maximum absolute atomic E-state index is 11.0. The van der Waals surface area contributed by atoms with Gasteiger partial charge in [0.05, 0.1) is 19.8 Å². The Balaban J connectivity index is 2.12. The van der Waals surface area contributed by atoms with Gasteiger partial charge < -0.3 is 14.6 Å². The number of carboxylic acids is 1. The quantitative estimate of drug-likeness (QED) is 0.873. The molecule has 1 aromatic carbocycles. The summed E-state index contributed by atoms with van der Waals surface area (Å²) in [6.45, 7) is 6.08. The van der Waals surface area contributed by atoms with E-state index >= 15 is 0 Å². The molecule has 1 aromatic rings. The molecule has 21 heavy (non-hydrogen) atoms. The van der Waals surface area contributed by atoms with Crippen molar-refractivity contribution in [2.75, 3.05) is 19.8 Å². The Labute approximate surface area is 125 Å². The molecule has 5 nitrogen and oxygen atoms in total. The van der Waals surface area contributed by atoms with Crippen LogP contribution in [0.1, 0.15) is 32.3 Å². The second-order valence-electron chi connectivity index (χ2n) is 5.39. The highest BCUT2D eigenvalue weighted by molar-refractivity contribution is 5.69. The molecule has 5 heteroatoms. The summed E-state index contributed by atoms with van der Waals surface area (Å²) >= 11 is 0. The van der Waals surface area contributed by atoms with E-state index in [2.05, 4.69) is 6.92 Å². The Kier molecular flexibility index (Phi) is 5.44. The van der Waals surface area contributed by atoms with Crippen LogP contribution >= 0.6 is 0 Å². The second kappa shape index (κ2) is 7.31. The number of fused-ring (bicyclic) bond motifs is 1. The molecular weight excluding hydrogens is 270 g/mol. The SMILES string of the molecule is CCC(C)N(CC(=O)O)Cc1ccc2c(c1)OCCCO2. The van der Waals surface area contributed by atoms with Crippen LogP contribution < -0.4 is 9.47 Å². The third kappa shape index (κ3) is 4.36. The molecule has 1 atom stereocenters. The highest BCUT2D eigenvalue weighted by atomic mass is 16.5. The maximum Gasteiger partial charge on any atom is 0.317 e. The summed E-state index contributed by atoms with van der Waals surface area (Å²) in [6, 6.07) is 6.06. The Morgan fingerprint density at radius 2 is 2.05 bits per heavy atom. The van der Waals surface area contributed by atoms with Crippen LogP contribution in [0.2, 0.25) is 0 Å². The zero-order chi connectivity index (χ0) is 15.2. The van der Waals surface area contributed by atoms with E-state index in [9.17, 15) is 4.79 Å². The highest BCUT2D eigenvalue weighted by Crippen LogP contribution is 2.31. The van der Waals surface area contributed by atoms with Crippen molar-refractivity contribution in [2.24, 2.45) is 0 Å². The Hall–Kier alpha value is -1.75. The first kappa shape index (κ1) is 15.6. The summed E-state index contributed by atoms with van der Waals surface area (Å²) in [5.74, 6) is 0.721. The molecule has 0 amide bonds. The van der Waals surface area contributed by atoms with Crippen molar-refractivity contribution in [3.63, 3.8) is 0 Å². The molecule has 0 radical (unpaired) electrons. The topological polar surface area (TPSA) is 59.0 Å². The standard InChI is InChI=1S/C16H23NO4/c1-3-12(2)17(11-16(18)19)10-13-5-6-14-15(9-13)21-8-4-7-20-14/h5-6,9,12H,3-4,7-8,10-11H2,1-2H3,(H,18,19). The lowest BCUT2D eigenvalue weighted by molar-refractivity contribution is -0.139. The van der Waals surface area contributed by atoms with Crippen molar-refractivity contribution in [3.8, 4) is 11.5 Å². The molecule has 2 rings (SSSR count). The minimum Gasteiger partial charge on any atom is -0.490 e. The number of hydrogen-bond acceptors (Lipinski definition) is 4. The van der Waals surface area contributed by atoms with Crippen molar-refractivity contribution in [1.29, 1.82) is 0 Å². The summed E-state index contributed by atoms with van der Waals surface area (Å²) in [7, 11) is 0. The van der Waals surface area contributed by atoms with Gasteiger partial charge in [-0.05, 0) is 31.0 Å². The van der Waals surface area contributed by atoms with E-state index in [4.69, 9.17) is 14.6 Å². The van der Waals surface area contributed by atoms with Gasteiger partial charge in [0.15, 0.2) is 11.5 Å². The van der Waals surface area contributed by atoms with Crippen LogP contribution in [0, 0.1) is 0 Å². The largest absolute Gasteiger partial charge is 0.490 e. The van der Waals surface area contributed by atoms with E-state index in [1.54, 1.807) is 0 Å². The first-order chi connectivity index (χ1) is 10.1. The highest BCUT2D eigenvalue weighted by Gasteiger charge is 2.17. The minimum atomic E-state index is -0.801. The first-order valence-electron chi connectivity index (χ1n) is 7.44. The van der Waals surface area contributed by atoms with Gasteiger partial charge in [0, 0.05) is 19.0 Å². The molecule has 1 N–H and O–H groups in total. The van der Waals surface area contributed by atoms with E-state index in [-0.39, 0.29) is 12.6 Å². The molecule has 0 saturated heterocycles. The zero-order valence-electron chi connectivity index (χ0n) is 12.7. The van der Waals surface area contributed by atoms with Crippen LogP contribution in [0.25, 0.3) is 0 Å². The number of carboxylic acid groups (broad SMARTS) is 1. The number of rotatable bonds is 6. The molecule has 1 aliphatic rings. The van der Waals surface area contributed by atoms with Crippen molar-refractivity contribution < 1.29 is 19.4 Å². The van der Waals surface area contributed by atoms with Gasteiger partial charge in [0.2, 0.25) is 0 Å². The smallest absolute Gasteiger partial charge is 0.317 e. The minimum absolute atomic E-state index is 0.0451. The molecule has 0 fully saturated rings. The van der Waals surface area contributed by atoms with Gasteiger partial charge in [-0.1, -0.05) is 13.0 Å². The average molecular weight is 293 g/mol. The Morgan fingerprint density at radius 1 is 1.33 bits per heavy atom. The fraction of sp³-hybridized carbons (Fsp3) is 0.562. The van der Waals surface area contributed by atoms with E-state index in [1.807, 2.05) is 30.0 Å². The monoisotopic (exact) mass is 293 g/mol. The van der Waals surface area contributed by atoms with Crippen molar-refractivity contribution in [3.05, 3.63) is 23.8 Å². The fourth-order valence-electron chi connectivity index (χ4n) is 2.34. The average Bonchev–Trinajstić information content (AvgIpc) is 2.70.